The Hall–Kier alpha value is -9.65. The predicted octanol–water partition coefficient (Wildman–Crippen LogP) is 4.90. The van der Waals surface area contributed by atoms with Crippen LogP contribution in [0.1, 0.15) is 112 Å². The topological polar surface area (TPSA) is 329 Å². The van der Waals surface area contributed by atoms with E-state index in [1.54, 1.807) is 110 Å². The Morgan fingerprint density at radius 3 is 1.97 bits per heavy atom. The molecule has 12 atom stereocenters. The molecule has 100 heavy (non-hydrogen) atoms. The average molecular weight is 1370 g/mol. The summed E-state index contributed by atoms with van der Waals surface area (Å²) in [5.74, 6) is -9.22. The minimum Gasteiger partial charge on any atom is -0.490 e. The maximum absolute atomic E-state index is 15.4. The van der Waals surface area contributed by atoms with Gasteiger partial charge in [0.05, 0.1) is 36.8 Å². The third-order valence-corrected chi connectivity index (χ3v) is 19.7. The van der Waals surface area contributed by atoms with Crippen LogP contribution in [0.25, 0.3) is 10.8 Å². The van der Waals surface area contributed by atoms with Gasteiger partial charge >= 0.3 is 11.9 Å². The summed E-state index contributed by atoms with van der Waals surface area (Å²) in [6.07, 6.45) is 2.11. The first kappa shape index (κ1) is 74.6. The second kappa shape index (κ2) is 33.5. The molecule has 8 N–H and O–H groups in total. The van der Waals surface area contributed by atoms with E-state index in [0.717, 1.165) is 21.9 Å². The van der Waals surface area contributed by atoms with Crippen molar-refractivity contribution in [1.29, 1.82) is 0 Å². The SMILES string of the molecule is CC[C@H](CC(=O)[C@H](C)NC)C(=O)N1C[C@@H]2C[C@H]1C(=O)N1Cc3ccccc3C[C@H]1C(=O)C[C@H](C(=O)O)Cc1ccc(cc1)C(=O)N[C@H]1C[C@@H](C(=O)N[C@@H](Cc3ccc4ccccc4c3)C(=O)N[C@H](C(=O)O)Cc3ccc(cc3)OC/C=C/CO2)N(C(=O)[C@@H](NC(=O)[C@H](C)NC)C(C)(C)C)C1. The zero-order chi connectivity index (χ0) is 72.1. The summed E-state index contributed by atoms with van der Waals surface area (Å²) in [5, 5.41) is 40.3. The largest absolute Gasteiger partial charge is 0.490 e. The normalized spacial score (nSPS) is 23.7. The minimum absolute atomic E-state index is 0.000848. The van der Waals surface area contributed by atoms with E-state index in [1.165, 1.54) is 26.8 Å². The van der Waals surface area contributed by atoms with Crippen molar-refractivity contribution in [2.75, 3.05) is 40.4 Å². The van der Waals surface area contributed by atoms with Crippen LogP contribution >= 0.6 is 0 Å². The van der Waals surface area contributed by atoms with Crippen LogP contribution in [0.3, 0.4) is 0 Å². The third kappa shape index (κ3) is 18.6. The fraction of sp³-hybridized carbons (Fsp3) is 0.461. The molecular weight excluding hydrogens is 1280 g/mol. The summed E-state index contributed by atoms with van der Waals surface area (Å²) in [4.78, 5) is 162. The summed E-state index contributed by atoms with van der Waals surface area (Å²) >= 11 is 0. The van der Waals surface area contributed by atoms with Gasteiger partial charge in [-0.1, -0.05) is 125 Å². The fourth-order valence-corrected chi connectivity index (χ4v) is 13.4. The number of nitrogens with one attached hydrogen (secondary N) is 6. The Labute approximate surface area is 582 Å². The maximum Gasteiger partial charge on any atom is 0.326 e. The average Bonchev–Trinajstić information content (AvgIpc) is 1.42. The number of likely N-dealkylation sites (N-methyl/N-ethyl adjacent to an activating group) is 2. The van der Waals surface area contributed by atoms with E-state index in [9.17, 15) is 48.6 Å². The van der Waals surface area contributed by atoms with E-state index in [1.807, 2.05) is 60.7 Å². The van der Waals surface area contributed by atoms with Crippen molar-refractivity contribution < 1.29 is 72.4 Å². The molecule has 0 aliphatic carbocycles. The first-order valence-corrected chi connectivity index (χ1v) is 34.3. The van der Waals surface area contributed by atoms with Crippen LogP contribution < -0.4 is 36.6 Å². The molecule has 7 amide bonds. The molecule has 532 valence electrons. The number of nitrogens with zero attached hydrogens (tertiary/aromatic N) is 3. The fourth-order valence-electron chi connectivity index (χ4n) is 13.4. The van der Waals surface area contributed by atoms with Crippen LogP contribution in [-0.2, 0) is 84.9 Å². The van der Waals surface area contributed by atoms with Gasteiger partial charge in [0.15, 0.2) is 5.78 Å². The number of rotatable bonds is 14. The van der Waals surface area contributed by atoms with Gasteiger partial charge in [0.1, 0.15) is 48.3 Å². The summed E-state index contributed by atoms with van der Waals surface area (Å²) in [6, 6.07) is 23.4. The highest BCUT2D eigenvalue weighted by molar-refractivity contribution is 5.99. The number of benzene rings is 5. The molecule has 5 aromatic rings. The molecule has 2 saturated heterocycles. The molecule has 7 aliphatic heterocycles. The molecule has 5 aromatic carbocycles. The highest BCUT2D eigenvalue weighted by Crippen LogP contribution is 2.33. The Morgan fingerprint density at radius 2 is 1.30 bits per heavy atom. The van der Waals surface area contributed by atoms with Crippen molar-refractivity contribution in [3.05, 3.63) is 161 Å². The van der Waals surface area contributed by atoms with Crippen LogP contribution in [0.4, 0.5) is 0 Å². The van der Waals surface area contributed by atoms with Gasteiger partial charge in [-0.3, -0.25) is 47.9 Å². The Kier molecular flexibility index (Phi) is 25.0. The van der Waals surface area contributed by atoms with Crippen molar-refractivity contribution in [3.63, 3.8) is 0 Å². The number of carboxylic acids is 2. The minimum atomic E-state index is -1.49. The molecule has 12 rings (SSSR count). The van der Waals surface area contributed by atoms with Crippen molar-refractivity contribution in [2.45, 2.75) is 166 Å². The summed E-state index contributed by atoms with van der Waals surface area (Å²) in [6.45, 7) is 10.3. The van der Waals surface area contributed by atoms with Gasteiger partial charge in [-0.15, -0.1) is 0 Å². The maximum atomic E-state index is 15.4. The lowest BCUT2D eigenvalue weighted by molar-refractivity contribution is -0.151. The van der Waals surface area contributed by atoms with Crippen molar-refractivity contribution in [3.8, 4) is 5.75 Å². The van der Waals surface area contributed by atoms with Crippen LogP contribution in [0.2, 0.25) is 0 Å². The van der Waals surface area contributed by atoms with Gasteiger partial charge < -0.3 is 66.3 Å². The lowest BCUT2D eigenvalue weighted by Gasteiger charge is -2.39. The lowest BCUT2D eigenvalue weighted by atomic mass is 9.85. The van der Waals surface area contributed by atoms with Gasteiger partial charge in [0, 0.05) is 75.7 Å². The molecule has 24 nitrogen and oxygen atoms in total. The number of ketones is 2. The first-order chi connectivity index (χ1) is 47.7. The molecule has 8 bridgehead atoms. The molecule has 24 heteroatoms. The zero-order valence-corrected chi connectivity index (χ0v) is 58.0. The second-order valence-electron chi connectivity index (χ2n) is 27.8. The molecule has 0 radical (unpaired) electrons. The first-order valence-electron chi connectivity index (χ1n) is 34.3. The van der Waals surface area contributed by atoms with Crippen molar-refractivity contribution in [1.82, 2.24) is 46.6 Å². The van der Waals surface area contributed by atoms with Crippen LogP contribution in [-0.4, -0.2) is 191 Å². The summed E-state index contributed by atoms with van der Waals surface area (Å²) < 4.78 is 12.3. The lowest BCUT2D eigenvalue weighted by Crippen LogP contribution is -2.61. The zero-order valence-electron chi connectivity index (χ0n) is 58.0. The molecular formula is C76H93N9O15. The second-order valence-corrected chi connectivity index (χ2v) is 27.8. The molecule has 0 saturated carbocycles. The predicted molar refractivity (Wildman–Crippen MR) is 372 cm³/mol. The smallest absolute Gasteiger partial charge is 0.326 e. The highest BCUT2D eigenvalue weighted by atomic mass is 16.5. The van der Waals surface area contributed by atoms with Gasteiger partial charge in [-0.2, -0.15) is 0 Å². The van der Waals surface area contributed by atoms with Crippen LogP contribution in [0, 0.1) is 17.3 Å². The molecule has 2 fully saturated rings. The standard InChI is InChI=1S/C76H93N9O15/c1-9-49(37-64(86)44(2)77-7)71(92)85-43-58-40-63(85)72(93)83-41-54-19-13-12-18-53(54)36-61(83)65(87)38-55(74(95)96)32-46-20-26-51(27-21-46)68(89)79-56-39-62(84(42-56)73(94)66(76(4,5)6)82-67(88)45(3)78-8)70(91)80-59(35-48-22-25-50-16-10-11-17-52(50)33-48)69(90)81-60(75(97)98)34-47-23-28-57(29-24-47)99-30-14-15-31-100-58/h10-29,33,44-45,49,55-56,58-63,66,77-78H,9,30-32,34-43H2,1-8H3,(H,79,89)(H,80,91)(H,81,90)(H,82,88)(H,95,96)(H,97,98)/b15-14+/t44-,45-,49+,55+,56-,58-,59-,60-,61-,62-,63-,66+/m0/s1. The number of hydrogen-bond acceptors (Lipinski definition) is 15. The third-order valence-electron chi connectivity index (χ3n) is 19.7. The Balaban J connectivity index is 1.04. The number of hydrogen-bond donors (Lipinski definition) is 8. The number of amides is 7. The number of ether oxygens (including phenoxy) is 2. The van der Waals surface area contributed by atoms with Crippen molar-refractivity contribution >= 4 is 75.6 Å². The number of likely N-dealkylation sites (tertiary alicyclic amines) is 2. The number of carbonyl (C=O) groups excluding carboxylic acids is 9. The van der Waals surface area contributed by atoms with Crippen molar-refractivity contribution in [2.24, 2.45) is 17.3 Å². The van der Waals surface area contributed by atoms with Gasteiger partial charge in [-0.05, 0) is 122 Å². The monoisotopic (exact) mass is 1370 g/mol. The Morgan fingerprint density at radius 1 is 0.650 bits per heavy atom. The molecule has 0 unspecified atom stereocenters. The van der Waals surface area contributed by atoms with E-state index >= 15 is 14.4 Å². The number of carboxylic acid groups (broad SMARTS) is 2. The molecule has 0 aromatic heterocycles. The summed E-state index contributed by atoms with van der Waals surface area (Å²) in [7, 11) is 3.25. The number of fused-ring (bicyclic) bond motifs is 2. The van der Waals surface area contributed by atoms with Gasteiger partial charge in [-0.25, -0.2) is 4.79 Å². The van der Waals surface area contributed by atoms with E-state index in [2.05, 4.69) is 31.9 Å². The van der Waals surface area contributed by atoms with Crippen LogP contribution in [0.5, 0.6) is 5.75 Å². The number of carbonyl (C=O) groups is 11. The van der Waals surface area contributed by atoms with E-state index in [0.29, 0.717) is 28.9 Å². The molecule has 7 aliphatic rings. The van der Waals surface area contributed by atoms with Gasteiger partial charge in [0.2, 0.25) is 35.4 Å². The molecule has 7 heterocycles. The number of aliphatic carboxylic acids is 2. The summed E-state index contributed by atoms with van der Waals surface area (Å²) in [5.41, 5.74) is 2.42. The molecule has 0 spiro atoms. The Bertz CT molecular complexity index is 3870. The highest BCUT2D eigenvalue weighted by Gasteiger charge is 2.49. The number of Topliss-reactive ketones (excluding diaryl/α,β-unsaturated/α-hetero) is 2. The van der Waals surface area contributed by atoms with E-state index < -0.39 is 143 Å². The van der Waals surface area contributed by atoms with Gasteiger partial charge in [0.25, 0.3) is 5.91 Å². The quantitative estimate of drug-likeness (QED) is 0.0685. The van der Waals surface area contributed by atoms with E-state index in [-0.39, 0.29) is 89.1 Å². The van der Waals surface area contributed by atoms with Crippen LogP contribution in [0.15, 0.2) is 127 Å². The van der Waals surface area contributed by atoms with E-state index in [4.69, 9.17) is 9.47 Å².